The molecule has 0 aliphatic rings. The molecule has 10 nitrogen and oxygen atoms in total. The molecule has 2 heterocycles. The molecule has 0 saturated heterocycles. The van der Waals surface area contributed by atoms with Gasteiger partial charge in [-0.1, -0.05) is 36.4 Å². The lowest BCUT2D eigenvalue weighted by atomic mass is 10.1. The molecule has 10 heteroatoms. The number of furan rings is 2. The number of rotatable bonds is 9. The first-order valence-corrected chi connectivity index (χ1v) is 11.2. The van der Waals surface area contributed by atoms with Gasteiger partial charge in [-0.05, 0) is 26.0 Å². The van der Waals surface area contributed by atoms with E-state index in [1.807, 2.05) is 24.3 Å². The smallest absolute Gasteiger partial charge is 0.375 e. The van der Waals surface area contributed by atoms with Crippen molar-refractivity contribution in [1.82, 2.24) is 10.6 Å². The summed E-state index contributed by atoms with van der Waals surface area (Å²) in [5.74, 6) is -2.48. The van der Waals surface area contributed by atoms with E-state index in [1.54, 1.807) is 38.1 Å². The van der Waals surface area contributed by atoms with Crippen LogP contribution in [0.15, 0.2) is 57.4 Å². The minimum absolute atomic E-state index is 0.0450. The van der Waals surface area contributed by atoms with Crippen LogP contribution < -0.4 is 10.6 Å². The van der Waals surface area contributed by atoms with E-state index < -0.39 is 37.0 Å². The lowest BCUT2D eigenvalue weighted by Gasteiger charge is -2.08. The Labute approximate surface area is 205 Å². The summed E-state index contributed by atoms with van der Waals surface area (Å²) in [5, 5.41) is 6.62. The van der Waals surface area contributed by atoms with Crippen molar-refractivity contribution in [1.29, 1.82) is 0 Å². The molecule has 2 N–H and O–H groups in total. The normalized spacial score (nSPS) is 10.8. The second-order valence-corrected chi connectivity index (χ2v) is 7.96. The first kappa shape index (κ1) is 24.5. The summed E-state index contributed by atoms with van der Waals surface area (Å²) in [6.07, 6.45) is 0. The van der Waals surface area contributed by atoms with Crippen LogP contribution in [0.1, 0.15) is 32.2 Å². The first-order valence-electron chi connectivity index (χ1n) is 11.2. The van der Waals surface area contributed by atoms with Crippen molar-refractivity contribution >= 4 is 45.7 Å². The Bertz CT molecular complexity index is 1340. The van der Waals surface area contributed by atoms with Gasteiger partial charge in [-0.25, -0.2) is 9.59 Å². The van der Waals surface area contributed by atoms with Gasteiger partial charge in [0.2, 0.25) is 11.5 Å². The van der Waals surface area contributed by atoms with E-state index >= 15 is 0 Å². The maximum atomic E-state index is 12.3. The molecule has 0 aliphatic heterocycles. The lowest BCUT2D eigenvalue weighted by molar-refractivity contribution is -0.125. The van der Waals surface area contributed by atoms with E-state index in [2.05, 4.69) is 10.6 Å². The number of esters is 2. The molecule has 0 fully saturated rings. The number of para-hydroxylation sites is 2. The average Bonchev–Trinajstić information content (AvgIpc) is 3.41. The second kappa shape index (κ2) is 10.8. The number of hydrogen-bond donors (Lipinski definition) is 2. The second-order valence-electron chi connectivity index (χ2n) is 7.96. The molecule has 186 valence electrons. The molecule has 4 aromatic rings. The van der Waals surface area contributed by atoms with Crippen LogP contribution in [0.4, 0.5) is 0 Å². The Balaban J connectivity index is 1.14. The van der Waals surface area contributed by atoms with Crippen LogP contribution in [0.5, 0.6) is 0 Å². The van der Waals surface area contributed by atoms with Crippen molar-refractivity contribution in [3.63, 3.8) is 0 Å². The third-order valence-corrected chi connectivity index (χ3v) is 5.50. The number of aryl methyl sites for hydroxylation is 2. The number of ether oxygens (including phenoxy) is 2. The van der Waals surface area contributed by atoms with Gasteiger partial charge in [0.25, 0.3) is 11.8 Å². The van der Waals surface area contributed by atoms with Crippen molar-refractivity contribution < 1.29 is 37.5 Å². The van der Waals surface area contributed by atoms with Crippen LogP contribution >= 0.6 is 0 Å². The van der Waals surface area contributed by atoms with E-state index in [-0.39, 0.29) is 24.6 Å². The Kier molecular flexibility index (Phi) is 7.33. The predicted molar refractivity (Wildman–Crippen MR) is 128 cm³/mol. The van der Waals surface area contributed by atoms with E-state index in [4.69, 9.17) is 18.3 Å². The number of amides is 2. The number of carbonyl (C=O) groups excluding carboxylic acids is 4. The molecule has 0 unspecified atom stereocenters. The molecular weight excluding hydrogens is 468 g/mol. The first-order chi connectivity index (χ1) is 17.3. The molecule has 4 rings (SSSR count). The SMILES string of the molecule is Cc1c(C(=O)OCC(=O)NCCNC(=O)COC(=O)c2oc3ccccc3c2C)oc2ccccc12. The quantitative estimate of drug-likeness (QED) is 0.269. The number of fused-ring (bicyclic) bond motifs is 2. The summed E-state index contributed by atoms with van der Waals surface area (Å²) < 4.78 is 21.1. The third kappa shape index (κ3) is 5.38. The summed E-state index contributed by atoms with van der Waals surface area (Å²) >= 11 is 0. The maximum Gasteiger partial charge on any atom is 0.375 e. The lowest BCUT2D eigenvalue weighted by Crippen LogP contribution is -2.38. The van der Waals surface area contributed by atoms with Crippen molar-refractivity contribution in [3.05, 3.63) is 71.2 Å². The minimum Gasteiger partial charge on any atom is -0.450 e. The fraction of sp³-hybridized carbons (Fsp3) is 0.231. The van der Waals surface area contributed by atoms with Gasteiger partial charge in [-0.2, -0.15) is 0 Å². The average molecular weight is 492 g/mol. The Morgan fingerprint density at radius 2 is 1.06 bits per heavy atom. The minimum atomic E-state index is -0.742. The molecule has 0 saturated carbocycles. The van der Waals surface area contributed by atoms with Crippen LogP contribution in [0.3, 0.4) is 0 Å². The highest BCUT2D eigenvalue weighted by Gasteiger charge is 2.21. The summed E-state index contributed by atoms with van der Waals surface area (Å²) in [5.41, 5.74) is 2.38. The highest BCUT2D eigenvalue weighted by atomic mass is 16.6. The zero-order chi connectivity index (χ0) is 25.7. The fourth-order valence-corrected chi connectivity index (χ4v) is 3.64. The summed E-state index contributed by atoms with van der Waals surface area (Å²) in [7, 11) is 0. The van der Waals surface area contributed by atoms with Gasteiger partial charge in [0, 0.05) is 35.0 Å². The van der Waals surface area contributed by atoms with Crippen molar-refractivity contribution in [2.75, 3.05) is 26.3 Å². The van der Waals surface area contributed by atoms with Crippen LogP contribution in [0, 0.1) is 13.8 Å². The van der Waals surface area contributed by atoms with Gasteiger partial charge < -0.3 is 28.9 Å². The zero-order valence-electron chi connectivity index (χ0n) is 19.7. The largest absolute Gasteiger partial charge is 0.450 e. The van der Waals surface area contributed by atoms with Crippen molar-refractivity contribution in [3.8, 4) is 0 Å². The van der Waals surface area contributed by atoms with Gasteiger partial charge in [0.05, 0.1) is 0 Å². The number of carbonyl (C=O) groups is 4. The Hall–Kier alpha value is -4.60. The molecular formula is C26H24N2O8. The predicted octanol–water partition coefficient (Wildman–Crippen LogP) is 3.04. The van der Waals surface area contributed by atoms with Gasteiger partial charge in [0.1, 0.15) is 11.2 Å². The van der Waals surface area contributed by atoms with Gasteiger partial charge in [-0.15, -0.1) is 0 Å². The van der Waals surface area contributed by atoms with E-state index in [9.17, 15) is 19.2 Å². The maximum absolute atomic E-state index is 12.3. The molecule has 36 heavy (non-hydrogen) atoms. The van der Waals surface area contributed by atoms with Gasteiger partial charge in [-0.3, -0.25) is 9.59 Å². The fourth-order valence-electron chi connectivity index (χ4n) is 3.64. The number of benzene rings is 2. The molecule has 0 radical (unpaired) electrons. The molecule has 2 aromatic carbocycles. The van der Waals surface area contributed by atoms with Crippen LogP contribution in [0.25, 0.3) is 21.9 Å². The summed E-state index contributed by atoms with van der Waals surface area (Å²) in [4.78, 5) is 48.4. The molecule has 0 atom stereocenters. The van der Waals surface area contributed by atoms with Gasteiger partial charge in [0.15, 0.2) is 13.2 Å². The summed E-state index contributed by atoms with van der Waals surface area (Å²) in [6.45, 7) is 2.64. The third-order valence-electron chi connectivity index (χ3n) is 5.50. The topological polar surface area (TPSA) is 137 Å². The highest BCUT2D eigenvalue weighted by Crippen LogP contribution is 2.26. The van der Waals surface area contributed by atoms with Crippen LogP contribution in [0.2, 0.25) is 0 Å². The molecule has 0 spiro atoms. The summed E-state index contributed by atoms with van der Waals surface area (Å²) in [6, 6.07) is 14.4. The zero-order valence-corrected chi connectivity index (χ0v) is 19.7. The number of nitrogens with one attached hydrogen (secondary N) is 2. The molecule has 0 bridgehead atoms. The van der Waals surface area contributed by atoms with E-state index in [0.29, 0.717) is 22.3 Å². The van der Waals surface area contributed by atoms with Gasteiger partial charge >= 0.3 is 11.9 Å². The Morgan fingerprint density at radius 3 is 1.44 bits per heavy atom. The van der Waals surface area contributed by atoms with E-state index in [1.165, 1.54) is 0 Å². The van der Waals surface area contributed by atoms with Crippen molar-refractivity contribution in [2.24, 2.45) is 0 Å². The Morgan fingerprint density at radius 1 is 0.667 bits per heavy atom. The molecule has 2 aromatic heterocycles. The number of hydrogen-bond acceptors (Lipinski definition) is 8. The molecule has 2 amide bonds. The van der Waals surface area contributed by atoms with Crippen LogP contribution in [-0.4, -0.2) is 50.1 Å². The van der Waals surface area contributed by atoms with E-state index in [0.717, 1.165) is 10.8 Å². The highest BCUT2D eigenvalue weighted by molar-refractivity contribution is 5.97. The standard InChI is InChI=1S/C26H24N2O8/c1-15-17-7-3-5-9-19(17)35-23(15)25(31)33-13-21(29)27-11-12-28-22(30)14-34-26(32)24-16(2)18-8-4-6-10-20(18)36-24/h3-10H,11-14H2,1-2H3,(H,27,29)(H,28,30). The van der Waals surface area contributed by atoms with Crippen LogP contribution in [-0.2, 0) is 19.1 Å². The monoisotopic (exact) mass is 492 g/mol. The molecule has 0 aliphatic carbocycles. The van der Waals surface area contributed by atoms with Crippen molar-refractivity contribution in [2.45, 2.75) is 13.8 Å².